The molecule has 0 fully saturated rings. The number of allylic oxidation sites excluding steroid dienone is 1. The average molecular weight is 759 g/mol. The van der Waals surface area contributed by atoms with Crippen molar-refractivity contribution in [2.24, 2.45) is 0 Å². The lowest BCUT2D eigenvalue weighted by Gasteiger charge is -2.35. The molecule has 3 aromatic carbocycles. The zero-order chi connectivity index (χ0) is 40.6. The maximum absolute atomic E-state index is 11.7. The van der Waals surface area contributed by atoms with Gasteiger partial charge in [0.2, 0.25) is 0 Å². The van der Waals surface area contributed by atoms with Gasteiger partial charge >= 0.3 is 17.9 Å². The quantitative estimate of drug-likeness (QED) is 0.0519. The zero-order valence-electron chi connectivity index (χ0n) is 31.5. The predicted molar refractivity (Wildman–Crippen MR) is 206 cm³/mol. The highest BCUT2D eigenvalue weighted by molar-refractivity contribution is 5.81. The summed E-state index contributed by atoms with van der Waals surface area (Å²) in [5, 5.41) is 31.8. The molecule has 294 valence electrons. The molecule has 0 heterocycles. The summed E-state index contributed by atoms with van der Waals surface area (Å²) in [7, 11) is 0. The van der Waals surface area contributed by atoms with Crippen molar-refractivity contribution >= 4 is 17.9 Å². The van der Waals surface area contributed by atoms with Crippen LogP contribution in [-0.2, 0) is 39.4 Å². The van der Waals surface area contributed by atoms with E-state index >= 15 is 0 Å². The van der Waals surface area contributed by atoms with E-state index in [9.17, 15) is 29.7 Å². The summed E-state index contributed by atoms with van der Waals surface area (Å²) in [6, 6.07) is 20.1. The van der Waals surface area contributed by atoms with Gasteiger partial charge in [0.05, 0.1) is 0 Å². The molecule has 0 aliphatic heterocycles. The van der Waals surface area contributed by atoms with Crippen LogP contribution >= 0.6 is 0 Å². The molecule has 4 unspecified atom stereocenters. The molecular formula is C43H50O12. The fourth-order valence-corrected chi connectivity index (χ4v) is 5.64. The van der Waals surface area contributed by atoms with Gasteiger partial charge in [0.1, 0.15) is 75.2 Å². The average Bonchev–Trinajstić information content (AvgIpc) is 3.20. The van der Waals surface area contributed by atoms with Crippen molar-refractivity contribution in [3.05, 3.63) is 140 Å². The zero-order valence-corrected chi connectivity index (χ0v) is 31.5. The Bertz CT molecular complexity index is 1810. The number of benzene rings is 3. The van der Waals surface area contributed by atoms with Crippen LogP contribution in [0.4, 0.5) is 0 Å². The molecule has 3 rings (SSSR count). The summed E-state index contributed by atoms with van der Waals surface area (Å²) < 4.78 is 33.6. The van der Waals surface area contributed by atoms with E-state index in [1.165, 1.54) is 0 Å². The molecule has 3 N–H and O–H groups in total. The molecule has 0 aromatic heterocycles. The summed E-state index contributed by atoms with van der Waals surface area (Å²) >= 11 is 0. The van der Waals surface area contributed by atoms with Crippen LogP contribution in [0.5, 0.6) is 17.2 Å². The Hall–Kier alpha value is -5.69. The normalized spacial score (nSPS) is 13.8. The lowest BCUT2D eigenvalue weighted by molar-refractivity contribution is -0.142. The Kier molecular flexibility index (Phi) is 16.4. The highest BCUT2D eigenvalue weighted by Crippen LogP contribution is 2.48. The molecule has 4 atom stereocenters. The second kappa shape index (κ2) is 20.7. The molecule has 0 spiro atoms. The summed E-state index contributed by atoms with van der Waals surface area (Å²) in [6.45, 7) is 18.6. The monoisotopic (exact) mass is 758 g/mol. The Labute approximate surface area is 321 Å². The summed E-state index contributed by atoms with van der Waals surface area (Å²) in [5.74, 6) is -0.764. The second-order valence-electron chi connectivity index (χ2n) is 13.1. The van der Waals surface area contributed by atoms with Crippen LogP contribution in [-0.4, -0.2) is 91.2 Å². The van der Waals surface area contributed by atoms with Crippen molar-refractivity contribution in [1.29, 1.82) is 0 Å². The number of carbonyl (C=O) groups is 3. The van der Waals surface area contributed by atoms with Gasteiger partial charge in [0, 0.05) is 51.3 Å². The first-order valence-electron chi connectivity index (χ1n) is 17.5. The van der Waals surface area contributed by atoms with Crippen LogP contribution in [0.3, 0.4) is 0 Å². The van der Waals surface area contributed by atoms with E-state index in [0.29, 0.717) is 33.9 Å². The number of rotatable bonds is 23. The summed E-state index contributed by atoms with van der Waals surface area (Å²) in [6.07, 6.45) is 1.29. The van der Waals surface area contributed by atoms with E-state index in [1.54, 1.807) is 30.3 Å². The third-order valence-corrected chi connectivity index (χ3v) is 8.70. The van der Waals surface area contributed by atoms with Crippen molar-refractivity contribution in [3.63, 3.8) is 0 Å². The molecule has 0 aliphatic carbocycles. The van der Waals surface area contributed by atoms with Gasteiger partial charge in [-0.15, -0.1) is 6.58 Å². The molecule has 12 nitrogen and oxygen atoms in total. The standard InChI is InChI=1S/C43H50O12/c1-8-38(47)52-25-29(44)23-50-36-21-14-12-17-32(36)42(5,6)34-19-16-20-35(41(34)55-28-31(46)27-54-40(49)10-3)43(7,11-4)33-18-13-15-22-37(33)51-24-30(45)26-53-39(48)9-2/h8-22,29-31,44-46H,1-4,23-28H2,5-7H3. The SMILES string of the molecule is C=CC(=O)OCC(O)COc1ccccc1C(C)(C)c1cccc(C(C)(C=C)c2ccccc2OCC(O)COC(=O)C=C)c1OCC(O)COC(=O)C=C. The first-order valence-corrected chi connectivity index (χ1v) is 17.5. The van der Waals surface area contributed by atoms with E-state index in [1.807, 2.05) is 63.2 Å². The van der Waals surface area contributed by atoms with Gasteiger partial charge < -0.3 is 43.7 Å². The van der Waals surface area contributed by atoms with Crippen molar-refractivity contribution in [1.82, 2.24) is 0 Å². The molecular weight excluding hydrogens is 708 g/mol. The molecule has 0 saturated carbocycles. The first kappa shape index (κ1) is 43.7. The van der Waals surface area contributed by atoms with E-state index in [0.717, 1.165) is 23.8 Å². The van der Waals surface area contributed by atoms with Crippen LogP contribution in [0.2, 0.25) is 0 Å². The number of hydrogen-bond donors (Lipinski definition) is 3. The lowest BCUT2D eigenvalue weighted by Crippen LogP contribution is -2.30. The minimum atomic E-state index is -1.21. The van der Waals surface area contributed by atoms with Crippen molar-refractivity contribution in [2.75, 3.05) is 39.6 Å². The van der Waals surface area contributed by atoms with Crippen molar-refractivity contribution in [3.8, 4) is 17.2 Å². The van der Waals surface area contributed by atoms with Crippen LogP contribution in [0.1, 0.15) is 43.0 Å². The third-order valence-electron chi connectivity index (χ3n) is 8.70. The largest absolute Gasteiger partial charge is 0.490 e. The Morgan fingerprint density at radius 3 is 1.38 bits per heavy atom. The highest BCUT2D eigenvalue weighted by atomic mass is 16.6. The fraction of sp³-hybridized carbons (Fsp3) is 0.326. The summed E-state index contributed by atoms with van der Waals surface area (Å²) in [5.41, 5.74) is 0.841. The lowest BCUT2D eigenvalue weighted by atomic mass is 9.71. The Morgan fingerprint density at radius 2 is 0.927 bits per heavy atom. The number of para-hydroxylation sites is 3. The van der Waals surface area contributed by atoms with Gasteiger partial charge in [-0.1, -0.05) is 94.3 Å². The number of hydrogen-bond acceptors (Lipinski definition) is 12. The molecule has 3 aromatic rings. The van der Waals surface area contributed by atoms with Gasteiger partial charge in [-0.3, -0.25) is 0 Å². The molecule has 55 heavy (non-hydrogen) atoms. The second-order valence-corrected chi connectivity index (χ2v) is 13.1. The van der Waals surface area contributed by atoms with Gasteiger partial charge in [-0.2, -0.15) is 0 Å². The predicted octanol–water partition coefficient (Wildman–Crippen LogP) is 4.91. The van der Waals surface area contributed by atoms with E-state index < -0.39 is 47.0 Å². The van der Waals surface area contributed by atoms with Crippen LogP contribution in [0, 0.1) is 0 Å². The van der Waals surface area contributed by atoms with Crippen LogP contribution in [0.15, 0.2) is 117 Å². The molecule has 0 bridgehead atoms. The third kappa shape index (κ3) is 11.9. The number of aliphatic hydroxyl groups excluding tert-OH is 3. The molecule has 0 saturated heterocycles. The molecule has 12 heteroatoms. The number of aliphatic hydroxyl groups is 3. The first-order chi connectivity index (χ1) is 26.2. The van der Waals surface area contributed by atoms with Gasteiger partial charge in [-0.05, 0) is 19.1 Å². The van der Waals surface area contributed by atoms with Crippen molar-refractivity contribution < 1.29 is 58.1 Å². The maximum atomic E-state index is 11.7. The molecule has 0 amide bonds. The number of esters is 3. The van der Waals surface area contributed by atoms with Gasteiger partial charge in [0.25, 0.3) is 0 Å². The van der Waals surface area contributed by atoms with E-state index in [-0.39, 0.29) is 39.6 Å². The fourth-order valence-electron chi connectivity index (χ4n) is 5.64. The minimum Gasteiger partial charge on any atom is -0.490 e. The van der Waals surface area contributed by atoms with E-state index in [2.05, 4.69) is 26.3 Å². The topological polar surface area (TPSA) is 167 Å². The van der Waals surface area contributed by atoms with Gasteiger partial charge in [-0.25, -0.2) is 14.4 Å². The minimum absolute atomic E-state index is 0.173. The summed E-state index contributed by atoms with van der Waals surface area (Å²) in [4.78, 5) is 34.7. The maximum Gasteiger partial charge on any atom is 0.330 e. The van der Waals surface area contributed by atoms with Crippen LogP contribution < -0.4 is 14.2 Å². The van der Waals surface area contributed by atoms with Crippen LogP contribution in [0.25, 0.3) is 0 Å². The Balaban J connectivity index is 2.11. The Morgan fingerprint density at radius 1 is 0.545 bits per heavy atom. The van der Waals surface area contributed by atoms with E-state index in [4.69, 9.17) is 28.4 Å². The van der Waals surface area contributed by atoms with Crippen molar-refractivity contribution in [2.45, 2.75) is 49.9 Å². The van der Waals surface area contributed by atoms with Gasteiger partial charge in [0.15, 0.2) is 0 Å². The smallest absolute Gasteiger partial charge is 0.330 e. The molecule has 0 aliphatic rings. The number of carbonyl (C=O) groups excluding carboxylic acids is 3. The molecule has 0 radical (unpaired) electrons. The number of ether oxygens (including phenoxy) is 6. The highest BCUT2D eigenvalue weighted by Gasteiger charge is 2.37.